The van der Waals surface area contributed by atoms with Gasteiger partial charge in [0.05, 0.1) is 6.54 Å². The van der Waals surface area contributed by atoms with E-state index >= 15 is 0 Å². The van der Waals surface area contributed by atoms with E-state index < -0.39 is 0 Å². The van der Waals surface area contributed by atoms with Crippen molar-refractivity contribution in [3.8, 4) is 5.75 Å². The van der Waals surface area contributed by atoms with Crippen LogP contribution in [0.1, 0.15) is 11.1 Å². The predicted octanol–water partition coefficient (Wildman–Crippen LogP) is 2.41. The maximum atomic E-state index is 7.68. The molecule has 1 heterocycles. The number of benzene rings is 2. The van der Waals surface area contributed by atoms with E-state index in [1.165, 1.54) is 5.56 Å². The highest BCUT2D eigenvalue weighted by Crippen LogP contribution is 2.29. The minimum atomic E-state index is 0.0908. The van der Waals surface area contributed by atoms with E-state index in [-0.39, 0.29) is 11.9 Å². The second-order valence-electron chi connectivity index (χ2n) is 5.36. The van der Waals surface area contributed by atoms with Crippen LogP contribution >= 0.6 is 0 Å². The fraction of sp³-hybridized carbons (Fsp3) is 0.235. The Hall–Kier alpha value is -2.49. The van der Waals surface area contributed by atoms with Crippen LogP contribution < -0.4 is 15.4 Å². The number of hydrogen-bond donors (Lipinski definition) is 2. The second kappa shape index (κ2) is 5.48. The number of fused-ring (bicyclic) bond motifs is 1. The van der Waals surface area contributed by atoms with Crippen molar-refractivity contribution >= 4 is 11.5 Å². The van der Waals surface area contributed by atoms with Gasteiger partial charge in [-0.3, -0.25) is 5.41 Å². The molecule has 0 aromatic heterocycles. The molecule has 108 valence electrons. The number of para-hydroxylation sites is 2. The second-order valence-corrected chi connectivity index (χ2v) is 5.36. The molecule has 2 aromatic rings. The van der Waals surface area contributed by atoms with Crippen LogP contribution in [0.25, 0.3) is 0 Å². The zero-order valence-electron chi connectivity index (χ0n) is 12.0. The van der Waals surface area contributed by atoms with Crippen molar-refractivity contribution in [1.82, 2.24) is 0 Å². The molecule has 1 aliphatic heterocycles. The number of nitrogens with two attached hydrogens (primary N) is 1. The highest BCUT2D eigenvalue weighted by Gasteiger charge is 2.24. The number of nitrogens with one attached hydrogen (secondary N) is 1. The molecular weight excluding hydrogens is 262 g/mol. The predicted molar refractivity (Wildman–Crippen MR) is 85.3 cm³/mol. The Labute approximate surface area is 124 Å². The van der Waals surface area contributed by atoms with Gasteiger partial charge in [0, 0.05) is 24.7 Å². The Balaban J connectivity index is 1.74. The molecule has 1 aliphatic rings. The van der Waals surface area contributed by atoms with Crippen molar-refractivity contribution in [2.24, 2.45) is 5.73 Å². The van der Waals surface area contributed by atoms with Crippen LogP contribution in [0.2, 0.25) is 0 Å². The van der Waals surface area contributed by atoms with Crippen LogP contribution in [-0.2, 0) is 6.42 Å². The Kier molecular flexibility index (Phi) is 3.52. The van der Waals surface area contributed by atoms with E-state index in [4.69, 9.17) is 15.9 Å². The Bertz CT molecular complexity index is 644. The maximum absolute atomic E-state index is 7.68. The lowest BCUT2D eigenvalue weighted by molar-refractivity contribution is 0.239. The summed E-state index contributed by atoms with van der Waals surface area (Å²) < 4.78 is 5.97. The zero-order valence-corrected chi connectivity index (χ0v) is 12.0. The molecule has 2 aromatic carbocycles. The van der Waals surface area contributed by atoms with Gasteiger partial charge in [0.2, 0.25) is 0 Å². The van der Waals surface area contributed by atoms with Gasteiger partial charge in [-0.15, -0.1) is 0 Å². The van der Waals surface area contributed by atoms with E-state index in [0.29, 0.717) is 0 Å². The van der Waals surface area contributed by atoms with Gasteiger partial charge in [-0.05, 0) is 23.8 Å². The first kappa shape index (κ1) is 13.5. The highest BCUT2D eigenvalue weighted by atomic mass is 16.5. The molecule has 0 saturated carbocycles. The van der Waals surface area contributed by atoms with Gasteiger partial charge in [0.15, 0.2) is 0 Å². The molecule has 3 rings (SSSR count). The third kappa shape index (κ3) is 2.70. The molecule has 1 atom stereocenters. The number of anilines is 1. The van der Waals surface area contributed by atoms with E-state index in [0.717, 1.165) is 30.0 Å². The van der Waals surface area contributed by atoms with E-state index in [2.05, 4.69) is 11.0 Å². The van der Waals surface area contributed by atoms with Gasteiger partial charge in [0.1, 0.15) is 17.7 Å². The summed E-state index contributed by atoms with van der Waals surface area (Å²) in [5.41, 5.74) is 8.64. The SMILES string of the molecule is CN(CC1Cc2ccccc2O1)c1ccccc1C(=N)N. The van der Waals surface area contributed by atoms with E-state index in [1.807, 2.05) is 49.5 Å². The van der Waals surface area contributed by atoms with Gasteiger partial charge in [-0.2, -0.15) is 0 Å². The molecule has 4 heteroatoms. The molecule has 1 unspecified atom stereocenters. The summed E-state index contributed by atoms with van der Waals surface area (Å²) in [6, 6.07) is 15.9. The van der Waals surface area contributed by atoms with Crippen molar-refractivity contribution < 1.29 is 4.74 Å². The molecule has 4 nitrogen and oxygen atoms in total. The topological polar surface area (TPSA) is 62.3 Å². The minimum Gasteiger partial charge on any atom is -0.488 e. The van der Waals surface area contributed by atoms with Crippen molar-refractivity contribution in [2.75, 3.05) is 18.5 Å². The van der Waals surface area contributed by atoms with Crippen molar-refractivity contribution in [2.45, 2.75) is 12.5 Å². The summed E-state index contributed by atoms with van der Waals surface area (Å²) in [6.45, 7) is 0.763. The van der Waals surface area contributed by atoms with Crippen LogP contribution in [0.4, 0.5) is 5.69 Å². The molecule has 0 radical (unpaired) electrons. The summed E-state index contributed by atoms with van der Waals surface area (Å²) in [6.07, 6.45) is 1.05. The fourth-order valence-electron chi connectivity index (χ4n) is 2.79. The van der Waals surface area contributed by atoms with Crippen molar-refractivity contribution in [3.63, 3.8) is 0 Å². The monoisotopic (exact) mass is 281 g/mol. The molecule has 0 fully saturated rings. The standard InChI is InChI=1S/C17H19N3O/c1-20(15-8-4-3-7-14(15)17(18)19)11-13-10-12-6-2-5-9-16(12)21-13/h2-9,13H,10-11H2,1H3,(H3,18,19). The summed E-state index contributed by atoms with van der Waals surface area (Å²) in [7, 11) is 2.01. The number of nitrogens with zero attached hydrogens (tertiary/aromatic N) is 1. The number of ether oxygens (including phenoxy) is 1. The minimum absolute atomic E-state index is 0.0908. The molecule has 0 aliphatic carbocycles. The first-order chi connectivity index (χ1) is 10.1. The van der Waals surface area contributed by atoms with Crippen LogP contribution in [0.3, 0.4) is 0 Å². The molecular formula is C17H19N3O. The van der Waals surface area contributed by atoms with E-state index in [1.54, 1.807) is 0 Å². The number of hydrogen-bond acceptors (Lipinski definition) is 3. The first-order valence-corrected chi connectivity index (χ1v) is 7.04. The third-order valence-corrected chi connectivity index (χ3v) is 3.80. The zero-order chi connectivity index (χ0) is 14.8. The number of amidine groups is 1. The largest absolute Gasteiger partial charge is 0.488 e. The lowest BCUT2D eigenvalue weighted by Gasteiger charge is -2.25. The van der Waals surface area contributed by atoms with Gasteiger partial charge < -0.3 is 15.4 Å². The quantitative estimate of drug-likeness (QED) is 0.668. The van der Waals surface area contributed by atoms with Gasteiger partial charge >= 0.3 is 0 Å². The maximum Gasteiger partial charge on any atom is 0.124 e. The molecule has 21 heavy (non-hydrogen) atoms. The summed E-state index contributed by atoms with van der Waals surface area (Å²) in [5, 5.41) is 7.68. The lowest BCUT2D eigenvalue weighted by atomic mass is 10.1. The molecule has 0 saturated heterocycles. The highest BCUT2D eigenvalue weighted by molar-refractivity contribution is 6.00. The van der Waals surface area contributed by atoms with Crippen LogP contribution in [0.15, 0.2) is 48.5 Å². The smallest absolute Gasteiger partial charge is 0.124 e. The molecule has 0 spiro atoms. The van der Waals surface area contributed by atoms with Crippen molar-refractivity contribution in [3.05, 3.63) is 59.7 Å². The van der Waals surface area contributed by atoms with Crippen LogP contribution in [0, 0.1) is 5.41 Å². The molecule has 3 N–H and O–H groups in total. The van der Waals surface area contributed by atoms with Crippen LogP contribution in [0.5, 0.6) is 5.75 Å². The van der Waals surface area contributed by atoms with Gasteiger partial charge in [-0.25, -0.2) is 0 Å². The summed E-state index contributed by atoms with van der Waals surface area (Å²) >= 11 is 0. The third-order valence-electron chi connectivity index (χ3n) is 3.80. The lowest BCUT2D eigenvalue weighted by Crippen LogP contribution is -2.33. The van der Waals surface area contributed by atoms with Gasteiger partial charge in [-0.1, -0.05) is 30.3 Å². The Morgan fingerprint density at radius 3 is 2.71 bits per heavy atom. The van der Waals surface area contributed by atoms with E-state index in [9.17, 15) is 0 Å². The summed E-state index contributed by atoms with van der Waals surface area (Å²) in [5.74, 6) is 1.07. The Morgan fingerprint density at radius 1 is 1.24 bits per heavy atom. The number of nitrogen functional groups attached to an aromatic ring is 1. The van der Waals surface area contributed by atoms with Gasteiger partial charge in [0.25, 0.3) is 0 Å². The normalized spacial score (nSPS) is 16.1. The fourth-order valence-corrected chi connectivity index (χ4v) is 2.79. The molecule has 0 bridgehead atoms. The Morgan fingerprint density at radius 2 is 1.95 bits per heavy atom. The first-order valence-electron chi connectivity index (χ1n) is 7.04. The van der Waals surface area contributed by atoms with Crippen molar-refractivity contribution in [1.29, 1.82) is 5.41 Å². The number of rotatable bonds is 4. The van der Waals surface area contributed by atoms with Crippen LogP contribution in [-0.4, -0.2) is 25.5 Å². The summed E-state index contributed by atoms with van der Waals surface area (Å²) in [4.78, 5) is 2.10. The average molecular weight is 281 g/mol. The average Bonchev–Trinajstić information content (AvgIpc) is 2.89. The molecule has 0 amide bonds. The number of likely N-dealkylation sites (N-methyl/N-ethyl adjacent to an activating group) is 1.